The zero-order chi connectivity index (χ0) is 20.9. The van der Waals surface area contributed by atoms with Crippen LogP contribution in [-0.2, 0) is 4.79 Å². The van der Waals surface area contributed by atoms with Gasteiger partial charge < -0.3 is 19.1 Å². The quantitative estimate of drug-likeness (QED) is 0.583. The molecular formula is C24H24N2O4. The molecule has 0 saturated carbocycles. The average Bonchev–Trinajstić information content (AvgIpc) is 3.25. The van der Waals surface area contributed by atoms with Crippen molar-refractivity contribution in [3.05, 3.63) is 66.2 Å². The first-order chi connectivity index (χ1) is 14.7. The normalized spacial score (nSPS) is 16.2. The minimum Gasteiger partial charge on any atom is -0.493 e. The van der Waals surface area contributed by atoms with Crippen LogP contribution in [0.2, 0.25) is 0 Å². The molecule has 6 heteroatoms. The molecule has 0 spiro atoms. The van der Waals surface area contributed by atoms with Crippen molar-refractivity contribution >= 4 is 22.9 Å². The number of nitrogens with zero attached hydrogens (tertiary/aromatic N) is 2. The standard InChI is InChI=1S/C24H24N2O4/c1-28-21-10-7-17(15-22(21)29-2)8-12-24(27)26-14-13-19(16-26)30-23-11-9-18-5-3-4-6-20(18)25-23/h3-12,15,19H,13-14,16H2,1-2H3/b12-8+/t19-/m0/s1. The van der Waals surface area contributed by atoms with Crippen molar-refractivity contribution < 1.29 is 19.0 Å². The van der Waals surface area contributed by atoms with Gasteiger partial charge in [0.05, 0.1) is 26.3 Å². The van der Waals surface area contributed by atoms with Crippen LogP contribution in [0, 0.1) is 0 Å². The number of pyridine rings is 1. The lowest BCUT2D eigenvalue weighted by Crippen LogP contribution is -2.29. The fourth-order valence-electron chi connectivity index (χ4n) is 3.54. The van der Waals surface area contributed by atoms with Crippen molar-refractivity contribution in [3.63, 3.8) is 0 Å². The summed E-state index contributed by atoms with van der Waals surface area (Å²) in [6.45, 7) is 1.21. The van der Waals surface area contributed by atoms with Crippen LogP contribution in [0.1, 0.15) is 12.0 Å². The number of carbonyl (C=O) groups excluding carboxylic acids is 1. The third-order valence-corrected chi connectivity index (χ3v) is 5.14. The molecule has 0 aliphatic carbocycles. The number of para-hydroxylation sites is 1. The van der Waals surface area contributed by atoms with Crippen molar-refractivity contribution in [2.24, 2.45) is 0 Å². The molecule has 3 aromatic rings. The topological polar surface area (TPSA) is 60.9 Å². The molecule has 0 bridgehead atoms. The van der Waals surface area contributed by atoms with Gasteiger partial charge in [-0.25, -0.2) is 4.98 Å². The predicted octanol–water partition coefficient (Wildman–Crippen LogP) is 3.95. The molecule has 0 unspecified atom stereocenters. The SMILES string of the molecule is COc1ccc(/C=C/C(=O)N2CC[C@H](Oc3ccc4ccccc4n3)C2)cc1OC. The van der Waals surface area contributed by atoms with E-state index in [-0.39, 0.29) is 12.0 Å². The van der Waals surface area contributed by atoms with E-state index in [4.69, 9.17) is 14.2 Å². The number of amides is 1. The fourth-order valence-corrected chi connectivity index (χ4v) is 3.54. The van der Waals surface area contributed by atoms with Gasteiger partial charge in [0, 0.05) is 30.5 Å². The van der Waals surface area contributed by atoms with Crippen LogP contribution in [0.25, 0.3) is 17.0 Å². The third-order valence-electron chi connectivity index (χ3n) is 5.14. The van der Waals surface area contributed by atoms with Gasteiger partial charge in [0.15, 0.2) is 11.5 Å². The molecule has 1 aliphatic rings. The number of methoxy groups -OCH3 is 2. The van der Waals surface area contributed by atoms with Crippen molar-refractivity contribution in [1.82, 2.24) is 9.88 Å². The van der Waals surface area contributed by atoms with Gasteiger partial charge in [-0.15, -0.1) is 0 Å². The molecule has 154 valence electrons. The van der Waals surface area contributed by atoms with Crippen LogP contribution in [0.15, 0.2) is 60.7 Å². The van der Waals surface area contributed by atoms with Gasteiger partial charge in [-0.2, -0.15) is 0 Å². The summed E-state index contributed by atoms with van der Waals surface area (Å²) in [5.41, 5.74) is 1.77. The second-order valence-electron chi connectivity index (χ2n) is 7.10. The number of hydrogen-bond acceptors (Lipinski definition) is 5. The number of benzene rings is 2. The molecule has 30 heavy (non-hydrogen) atoms. The number of carbonyl (C=O) groups is 1. The molecule has 2 heterocycles. The summed E-state index contributed by atoms with van der Waals surface area (Å²) in [6.07, 6.45) is 4.09. The summed E-state index contributed by atoms with van der Waals surface area (Å²) in [4.78, 5) is 18.9. The van der Waals surface area contributed by atoms with Crippen LogP contribution >= 0.6 is 0 Å². The molecule has 0 N–H and O–H groups in total. The van der Waals surface area contributed by atoms with Crippen molar-refractivity contribution in [1.29, 1.82) is 0 Å². The average molecular weight is 404 g/mol. The molecule has 1 saturated heterocycles. The van der Waals surface area contributed by atoms with Gasteiger partial charge in [0.1, 0.15) is 6.10 Å². The van der Waals surface area contributed by atoms with E-state index in [2.05, 4.69) is 4.98 Å². The highest BCUT2D eigenvalue weighted by molar-refractivity contribution is 5.92. The van der Waals surface area contributed by atoms with Gasteiger partial charge in [0.2, 0.25) is 11.8 Å². The summed E-state index contributed by atoms with van der Waals surface area (Å²) in [5, 5.41) is 1.08. The monoisotopic (exact) mass is 404 g/mol. The van der Waals surface area contributed by atoms with Gasteiger partial charge in [-0.1, -0.05) is 24.3 Å². The lowest BCUT2D eigenvalue weighted by atomic mass is 10.2. The Bertz CT molecular complexity index is 1080. The van der Waals surface area contributed by atoms with Crippen LogP contribution in [0.5, 0.6) is 17.4 Å². The Morgan fingerprint density at radius 2 is 1.90 bits per heavy atom. The smallest absolute Gasteiger partial charge is 0.246 e. The summed E-state index contributed by atoms with van der Waals surface area (Å²) >= 11 is 0. The molecular weight excluding hydrogens is 380 g/mol. The van der Waals surface area contributed by atoms with Crippen LogP contribution in [0.3, 0.4) is 0 Å². The Morgan fingerprint density at radius 3 is 2.73 bits per heavy atom. The number of ether oxygens (including phenoxy) is 3. The van der Waals surface area contributed by atoms with E-state index in [1.807, 2.05) is 54.6 Å². The Kier molecular flexibility index (Phi) is 5.84. The second kappa shape index (κ2) is 8.86. The van der Waals surface area contributed by atoms with Gasteiger partial charge in [-0.05, 0) is 35.9 Å². The van der Waals surface area contributed by atoms with Gasteiger partial charge >= 0.3 is 0 Å². The minimum absolute atomic E-state index is 0.0395. The van der Waals surface area contributed by atoms with Crippen molar-refractivity contribution in [2.75, 3.05) is 27.3 Å². The molecule has 2 aromatic carbocycles. The highest BCUT2D eigenvalue weighted by Crippen LogP contribution is 2.28. The Hall–Kier alpha value is -3.54. The van der Waals surface area contributed by atoms with Crippen LogP contribution < -0.4 is 14.2 Å². The second-order valence-corrected chi connectivity index (χ2v) is 7.10. The highest BCUT2D eigenvalue weighted by atomic mass is 16.5. The maximum Gasteiger partial charge on any atom is 0.246 e. The fraction of sp³-hybridized carbons (Fsp3) is 0.250. The van der Waals surface area contributed by atoms with Crippen molar-refractivity contribution in [3.8, 4) is 17.4 Å². The first kappa shape index (κ1) is 19.8. The van der Waals surface area contributed by atoms with E-state index in [9.17, 15) is 4.79 Å². The molecule has 1 atom stereocenters. The molecule has 1 aromatic heterocycles. The first-order valence-corrected chi connectivity index (χ1v) is 9.88. The summed E-state index contributed by atoms with van der Waals surface area (Å²) in [7, 11) is 3.18. The van der Waals surface area contributed by atoms with E-state index < -0.39 is 0 Å². The highest BCUT2D eigenvalue weighted by Gasteiger charge is 2.26. The largest absolute Gasteiger partial charge is 0.493 e. The molecule has 1 fully saturated rings. The molecule has 1 aliphatic heterocycles. The maximum atomic E-state index is 12.6. The van der Waals surface area contributed by atoms with Gasteiger partial charge in [0.25, 0.3) is 0 Å². The Labute approximate surface area is 175 Å². The Balaban J connectivity index is 1.36. The maximum absolute atomic E-state index is 12.6. The zero-order valence-corrected chi connectivity index (χ0v) is 17.1. The third kappa shape index (κ3) is 4.38. The van der Waals surface area contributed by atoms with E-state index in [0.29, 0.717) is 30.5 Å². The van der Waals surface area contributed by atoms with Crippen LogP contribution in [-0.4, -0.2) is 49.2 Å². The number of fused-ring (bicyclic) bond motifs is 1. The predicted molar refractivity (Wildman–Crippen MR) is 116 cm³/mol. The molecule has 6 nitrogen and oxygen atoms in total. The number of hydrogen-bond donors (Lipinski definition) is 0. The summed E-state index contributed by atoms with van der Waals surface area (Å²) in [5.74, 6) is 1.84. The van der Waals surface area contributed by atoms with Crippen LogP contribution in [0.4, 0.5) is 0 Å². The first-order valence-electron chi connectivity index (χ1n) is 9.88. The van der Waals surface area contributed by atoms with E-state index in [1.54, 1.807) is 31.3 Å². The zero-order valence-electron chi connectivity index (χ0n) is 17.1. The molecule has 4 rings (SSSR count). The number of rotatable bonds is 6. The Morgan fingerprint density at radius 1 is 1.07 bits per heavy atom. The molecule has 0 radical (unpaired) electrons. The molecule has 1 amide bonds. The van der Waals surface area contributed by atoms with Crippen molar-refractivity contribution in [2.45, 2.75) is 12.5 Å². The van der Waals surface area contributed by atoms with E-state index in [0.717, 1.165) is 22.9 Å². The number of aromatic nitrogens is 1. The van der Waals surface area contributed by atoms with E-state index in [1.165, 1.54) is 0 Å². The van der Waals surface area contributed by atoms with E-state index >= 15 is 0 Å². The van der Waals surface area contributed by atoms with Gasteiger partial charge in [-0.3, -0.25) is 4.79 Å². The summed E-state index contributed by atoms with van der Waals surface area (Å²) in [6, 6.07) is 17.3. The lowest BCUT2D eigenvalue weighted by molar-refractivity contribution is -0.125. The lowest BCUT2D eigenvalue weighted by Gasteiger charge is -2.15. The minimum atomic E-state index is -0.0582. The summed E-state index contributed by atoms with van der Waals surface area (Å²) < 4.78 is 16.6. The number of likely N-dealkylation sites (tertiary alicyclic amines) is 1.